The number of aromatic nitrogens is 1. The number of nitrogens with two attached hydrogens (primary N) is 1. The summed E-state index contributed by atoms with van der Waals surface area (Å²) >= 11 is 1.18. The standard InChI is InChI=1S/C18H21N3O5S/c1-3-14(26-17(24)11-5-7-12(19)8-6-11)16(23)21-18-20-13(10-27-18)9-15(22)25-4-2/h5-8,10,14H,3-4,9,19H2,1-2H3,(H,20,21,23). The maximum Gasteiger partial charge on any atom is 0.338 e. The number of amides is 1. The molecule has 1 atom stereocenters. The number of anilines is 2. The Kier molecular flexibility index (Phi) is 7.30. The molecule has 1 amide bonds. The van der Waals surface area contributed by atoms with Gasteiger partial charge in [0.05, 0.1) is 24.3 Å². The Labute approximate surface area is 160 Å². The first-order valence-electron chi connectivity index (χ1n) is 8.40. The molecule has 1 aromatic carbocycles. The SMILES string of the molecule is CCOC(=O)Cc1csc(NC(=O)C(CC)OC(=O)c2ccc(N)cc2)n1. The van der Waals surface area contributed by atoms with E-state index in [0.29, 0.717) is 35.1 Å². The maximum absolute atomic E-state index is 12.4. The minimum atomic E-state index is -0.965. The highest BCUT2D eigenvalue weighted by Gasteiger charge is 2.23. The van der Waals surface area contributed by atoms with Gasteiger partial charge in [0.2, 0.25) is 0 Å². The number of carbonyl (C=O) groups excluding carboxylic acids is 3. The second-order valence-corrected chi connectivity index (χ2v) is 6.40. The van der Waals surface area contributed by atoms with Gasteiger partial charge in [-0.1, -0.05) is 6.92 Å². The van der Waals surface area contributed by atoms with Gasteiger partial charge in [-0.15, -0.1) is 11.3 Å². The van der Waals surface area contributed by atoms with Crippen LogP contribution in [0.4, 0.5) is 10.8 Å². The normalized spacial score (nSPS) is 11.5. The molecule has 3 N–H and O–H groups in total. The number of nitrogens with one attached hydrogen (secondary N) is 1. The fourth-order valence-electron chi connectivity index (χ4n) is 2.13. The van der Waals surface area contributed by atoms with E-state index in [1.165, 1.54) is 23.5 Å². The van der Waals surface area contributed by atoms with E-state index in [-0.39, 0.29) is 12.4 Å². The van der Waals surface area contributed by atoms with Crippen LogP contribution in [0.25, 0.3) is 0 Å². The predicted octanol–water partition coefficient (Wildman–Crippen LogP) is 2.41. The van der Waals surface area contributed by atoms with E-state index in [9.17, 15) is 14.4 Å². The number of ether oxygens (including phenoxy) is 2. The third-order valence-corrected chi connectivity index (χ3v) is 4.28. The summed E-state index contributed by atoms with van der Waals surface area (Å²) in [5.41, 5.74) is 6.92. The summed E-state index contributed by atoms with van der Waals surface area (Å²) in [5, 5.41) is 4.58. The van der Waals surface area contributed by atoms with E-state index in [0.717, 1.165) is 0 Å². The molecule has 0 aliphatic rings. The molecule has 144 valence electrons. The first kappa shape index (κ1) is 20.4. The Balaban J connectivity index is 1.94. The van der Waals surface area contributed by atoms with E-state index in [4.69, 9.17) is 15.2 Å². The van der Waals surface area contributed by atoms with Crippen LogP contribution in [-0.2, 0) is 25.5 Å². The lowest BCUT2D eigenvalue weighted by Crippen LogP contribution is -2.32. The molecule has 8 nitrogen and oxygen atoms in total. The highest BCUT2D eigenvalue weighted by molar-refractivity contribution is 7.13. The third-order valence-electron chi connectivity index (χ3n) is 3.47. The lowest BCUT2D eigenvalue weighted by atomic mass is 10.2. The van der Waals surface area contributed by atoms with Gasteiger partial charge in [0.25, 0.3) is 5.91 Å². The molecular weight excluding hydrogens is 370 g/mol. The van der Waals surface area contributed by atoms with Crippen LogP contribution in [0.15, 0.2) is 29.6 Å². The Morgan fingerprint density at radius 3 is 2.56 bits per heavy atom. The number of hydrogen-bond donors (Lipinski definition) is 2. The van der Waals surface area contributed by atoms with Gasteiger partial charge in [0.1, 0.15) is 0 Å². The minimum absolute atomic E-state index is 0.0313. The molecule has 0 aliphatic heterocycles. The summed E-state index contributed by atoms with van der Waals surface area (Å²) in [4.78, 5) is 40.2. The highest BCUT2D eigenvalue weighted by atomic mass is 32.1. The molecule has 1 aromatic heterocycles. The number of nitrogen functional groups attached to an aromatic ring is 1. The van der Waals surface area contributed by atoms with Crippen molar-refractivity contribution in [2.24, 2.45) is 0 Å². The third kappa shape index (κ3) is 6.07. The molecular formula is C18H21N3O5S. The number of benzene rings is 1. The number of carbonyl (C=O) groups is 3. The van der Waals surface area contributed by atoms with Gasteiger partial charge >= 0.3 is 11.9 Å². The molecule has 2 aromatic rings. The smallest absolute Gasteiger partial charge is 0.338 e. The Morgan fingerprint density at radius 1 is 1.22 bits per heavy atom. The minimum Gasteiger partial charge on any atom is -0.466 e. The number of thiazole rings is 1. The Bertz CT molecular complexity index is 804. The highest BCUT2D eigenvalue weighted by Crippen LogP contribution is 2.18. The van der Waals surface area contributed by atoms with Crippen LogP contribution in [0.5, 0.6) is 0 Å². The van der Waals surface area contributed by atoms with E-state index in [1.54, 1.807) is 31.4 Å². The van der Waals surface area contributed by atoms with E-state index >= 15 is 0 Å². The zero-order valence-corrected chi connectivity index (χ0v) is 15.9. The van der Waals surface area contributed by atoms with Crippen molar-refractivity contribution in [3.8, 4) is 0 Å². The number of esters is 2. The lowest BCUT2D eigenvalue weighted by molar-refractivity contribution is -0.142. The first-order chi connectivity index (χ1) is 12.9. The topological polar surface area (TPSA) is 121 Å². The molecule has 0 radical (unpaired) electrons. The quantitative estimate of drug-likeness (QED) is 0.523. The summed E-state index contributed by atoms with van der Waals surface area (Å²) in [6.45, 7) is 3.75. The number of nitrogens with zero attached hydrogens (tertiary/aromatic N) is 1. The average Bonchev–Trinajstić information content (AvgIpc) is 3.06. The molecule has 27 heavy (non-hydrogen) atoms. The van der Waals surface area contributed by atoms with E-state index < -0.39 is 18.0 Å². The molecule has 0 saturated heterocycles. The predicted molar refractivity (Wildman–Crippen MR) is 101 cm³/mol. The van der Waals surface area contributed by atoms with Crippen LogP contribution >= 0.6 is 11.3 Å². The summed E-state index contributed by atoms with van der Waals surface area (Å²) in [5.74, 6) is -1.48. The van der Waals surface area contributed by atoms with Crippen molar-refractivity contribution in [1.29, 1.82) is 0 Å². The van der Waals surface area contributed by atoms with E-state index in [1.807, 2.05) is 0 Å². The fraction of sp³-hybridized carbons (Fsp3) is 0.333. The molecule has 0 saturated carbocycles. The largest absolute Gasteiger partial charge is 0.466 e. The summed E-state index contributed by atoms with van der Waals surface area (Å²) in [7, 11) is 0. The van der Waals surface area contributed by atoms with Crippen molar-refractivity contribution >= 4 is 40.0 Å². The first-order valence-corrected chi connectivity index (χ1v) is 9.28. The van der Waals surface area contributed by atoms with Crippen LogP contribution < -0.4 is 11.1 Å². The molecule has 2 rings (SSSR count). The zero-order valence-electron chi connectivity index (χ0n) is 15.1. The van der Waals surface area contributed by atoms with Gasteiger partial charge in [-0.25, -0.2) is 9.78 Å². The van der Waals surface area contributed by atoms with Crippen LogP contribution in [0, 0.1) is 0 Å². The molecule has 0 bridgehead atoms. The second-order valence-electron chi connectivity index (χ2n) is 5.54. The van der Waals surface area contributed by atoms with Crippen LogP contribution in [0.3, 0.4) is 0 Å². The molecule has 0 spiro atoms. The van der Waals surface area contributed by atoms with Gasteiger partial charge in [0, 0.05) is 11.1 Å². The molecule has 1 heterocycles. The maximum atomic E-state index is 12.4. The van der Waals surface area contributed by atoms with Crippen LogP contribution in [0.2, 0.25) is 0 Å². The van der Waals surface area contributed by atoms with Crippen molar-refractivity contribution in [3.63, 3.8) is 0 Å². The van der Waals surface area contributed by atoms with Gasteiger partial charge in [-0.05, 0) is 37.6 Å². The van der Waals surface area contributed by atoms with Crippen molar-refractivity contribution in [1.82, 2.24) is 4.98 Å². The van der Waals surface area contributed by atoms with Crippen LogP contribution in [0.1, 0.15) is 36.3 Å². The van der Waals surface area contributed by atoms with Crippen molar-refractivity contribution < 1.29 is 23.9 Å². The van der Waals surface area contributed by atoms with Crippen LogP contribution in [-0.4, -0.2) is 35.5 Å². The summed E-state index contributed by atoms with van der Waals surface area (Å²) in [6.07, 6.45) is -0.635. The van der Waals surface area contributed by atoms with Crippen molar-refractivity contribution in [2.75, 3.05) is 17.7 Å². The Morgan fingerprint density at radius 2 is 1.93 bits per heavy atom. The Hall–Kier alpha value is -2.94. The van der Waals surface area contributed by atoms with Gasteiger partial charge in [-0.3, -0.25) is 14.9 Å². The average molecular weight is 391 g/mol. The lowest BCUT2D eigenvalue weighted by Gasteiger charge is -2.15. The monoisotopic (exact) mass is 391 g/mol. The van der Waals surface area contributed by atoms with Crippen molar-refractivity contribution in [3.05, 3.63) is 40.9 Å². The van der Waals surface area contributed by atoms with E-state index in [2.05, 4.69) is 10.3 Å². The second kappa shape index (κ2) is 9.67. The zero-order chi connectivity index (χ0) is 19.8. The summed E-state index contributed by atoms with van der Waals surface area (Å²) in [6, 6.07) is 6.23. The number of hydrogen-bond acceptors (Lipinski definition) is 8. The summed E-state index contributed by atoms with van der Waals surface area (Å²) < 4.78 is 10.1. The van der Waals surface area contributed by atoms with Gasteiger partial charge < -0.3 is 15.2 Å². The molecule has 9 heteroatoms. The van der Waals surface area contributed by atoms with Gasteiger partial charge in [0.15, 0.2) is 11.2 Å². The molecule has 1 unspecified atom stereocenters. The fourth-order valence-corrected chi connectivity index (χ4v) is 2.84. The molecule has 0 aliphatic carbocycles. The number of rotatable bonds is 8. The molecule has 0 fully saturated rings. The van der Waals surface area contributed by atoms with Gasteiger partial charge in [-0.2, -0.15) is 0 Å². The van der Waals surface area contributed by atoms with Crippen molar-refractivity contribution in [2.45, 2.75) is 32.8 Å².